The van der Waals surface area contributed by atoms with Crippen LogP contribution in [0.4, 0.5) is 0 Å². The van der Waals surface area contributed by atoms with Crippen molar-refractivity contribution in [3.8, 4) is 11.1 Å². The number of esters is 1. The Hall–Kier alpha value is -2.65. The SMILES string of the molecule is O=C(OCCc1cc[nH+]cc1)C1c2ccccc2-c2ccccc21.[Cl-]. The Morgan fingerprint density at radius 2 is 1.44 bits per heavy atom. The first kappa shape index (κ1) is 17.2. The van der Waals surface area contributed by atoms with Crippen molar-refractivity contribution in [1.29, 1.82) is 0 Å². The van der Waals surface area contributed by atoms with Crippen molar-refractivity contribution in [2.24, 2.45) is 0 Å². The van der Waals surface area contributed by atoms with E-state index >= 15 is 0 Å². The summed E-state index contributed by atoms with van der Waals surface area (Å²) in [5, 5.41) is 0. The van der Waals surface area contributed by atoms with Crippen LogP contribution in [0.2, 0.25) is 0 Å². The number of fused-ring (bicyclic) bond motifs is 3. The van der Waals surface area contributed by atoms with Gasteiger partial charge in [0.15, 0.2) is 12.4 Å². The topological polar surface area (TPSA) is 40.4 Å². The van der Waals surface area contributed by atoms with E-state index in [1.165, 1.54) is 0 Å². The largest absolute Gasteiger partial charge is 1.00 e. The van der Waals surface area contributed by atoms with Crippen LogP contribution in [0.25, 0.3) is 11.1 Å². The maximum atomic E-state index is 12.7. The van der Waals surface area contributed by atoms with Gasteiger partial charge in [0.1, 0.15) is 5.92 Å². The first-order chi connectivity index (χ1) is 11.8. The molecule has 0 bridgehead atoms. The minimum absolute atomic E-state index is 0. The van der Waals surface area contributed by atoms with Crippen LogP contribution >= 0.6 is 0 Å². The maximum absolute atomic E-state index is 12.7. The third kappa shape index (κ3) is 3.28. The number of rotatable bonds is 4. The zero-order chi connectivity index (χ0) is 16.4. The van der Waals surface area contributed by atoms with Crippen molar-refractivity contribution in [1.82, 2.24) is 0 Å². The van der Waals surface area contributed by atoms with Gasteiger partial charge in [-0.25, -0.2) is 4.98 Å². The molecule has 126 valence electrons. The predicted octanol–water partition coefficient (Wildman–Crippen LogP) is 0.403. The molecule has 0 amide bonds. The van der Waals surface area contributed by atoms with E-state index in [9.17, 15) is 4.79 Å². The van der Waals surface area contributed by atoms with Gasteiger partial charge in [0, 0.05) is 18.6 Å². The molecule has 1 aromatic heterocycles. The fourth-order valence-electron chi connectivity index (χ4n) is 3.35. The molecule has 4 heteroatoms. The number of aromatic nitrogens is 1. The van der Waals surface area contributed by atoms with Gasteiger partial charge in [0.25, 0.3) is 0 Å². The molecule has 4 rings (SSSR count). The smallest absolute Gasteiger partial charge is 0.317 e. The van der Waals surface area contributed by atoms with Crippen LogP contribution in [0.3, 0.4) is 0 Å². The summed E-state index contributed by atoms with van der Waals surface area (Å²) < 4.78 is 5.59. The Kier molecular flexibility index (Phi) is 5.15. The maximum Gasteiger partial charge on any atom is 0.317 e. The van der Waals surface area contributed by atoms with Crippen LogP contribution < -0.4 is 17.4 Å². The van der Waals surface area contributed by atoms with E-state index in [0.717, 1.165) is 34.2 Å². The van der Waals surface area contributed by atoms with E-state index in [0.29, 0.717) is 6.61 Å². The van der Waals surface area contributed by atoms with Gasteiger partial charge in [0.05, 0.1) is 6.61 Å². The molecule has 1 aliphatic rings. The number of halogens is 1. The Bertz CT molecular complexity index is 834. The molecule has 0 saturated heterocycles. The number of aromatic amines is 1. The zero-order valence-electron chi connectivity index (χ0n) is 13.6. The molecule has 25 heavy (non-hydrogen) atoms. The molecule has 0 unspecified atom stereocenters. The number of carbonyl (C=O) groups excluding carboxylic acids is 1. The van der Waals surface area contributed by atoms with Crippen molar-refractivity contribution < 1.29 is 26.9 Å². The molecule has 0 atom stereocenters. The van der Waals surface area contributed by atoms with Crippen molar-refractivity contribution in [2.75, 3.05) is 6.61 Å². The first-order valence-corrected chi connectivity index (χ1v) is 8.14. The second kappa shape index (κ2) is 7.49. The second-order valence-corrected chi connectivity index (χ2v) is 5.93. The Balaban J connectivity index is 0.00000182. The molecule has 0 radical (unpaired) electrons. The Morgan fingerprint density at radius 3 is 2.04 bits per heavy atom. The van der Waals surface area contributed by atoms with E-state index in [-0.39, 0.29) is 24.3 Å². The fourth-order valence-corrected chi connectivity index (χ4v) is 3.35. The highest BCUT2D eigenvalue weighted by atomic mass is 35.5. The highest BCUT2D eigenvalue weighted by Crippen LogP contribution is 2.44. The first-order valence-electron chi connectivity index (χ1n) is 8.14. The zero-order valence-corrected chi connectivity index (χ0v) is 14.4. The number of benzene rings is 2. The number of ether oxygens (including phenoxy) is 1. The predicted molar refractivity (Wildman–Crippen MR) is 91.4 cm³/mol. The molecular weight excluding hydrogens is 334 g/mol. The molecule has 3 nitrogen and oxygen atoms in total. The molecule has 1 heterocycles. The number of carbonyl (C=O) groups is 1. The van der Waals surface area contributed by atoms with Crippen LogP contribution in [0.5, 0.6) is 0 Å². The lowest BCUT2D eigenvalue weighted by molar-refractivity contribution is -0.378. The average Bonchev–Trinajstić information content (AvgIpc) is 2.97. The van der Waals surface area contributed by atoms with Crippen LogP contribution in [0.15, 0.2) is 73.1 Å². The van der Waals surface area contributed by atoms with E-state index in [4.69, 9.17) is 4.74 Å². The quantitative estimate of drug-likeness (QED) is 0.639. The number of H-pyrrole nitrogens is 1. The van der Waals surface area contributed by atoms with E-state index < -0.39 is 0 Å². The monoisotopic (exact) mass is 351 g/mol. The van der Waals surface area contributed by atoms with Crippen LogP contribution in [-0.4, -0.2) is 12.6 Å². The summed E-state index contributed by atoms with van der Waals surface area (Å²) in [7, 11) is 0. The van der Waals surface area contributed by atoms with E-state index in [1.54, 1.807) is 0 Å². The molecule has 1 aliphatic carbocycles. The summed E-state index contributed by atoms with van der Waals surface area (Å²) in [5.41, 5.74) is 5.49. The molecule has 3 aromatic rings. The lowest BCUT2D eigenvalue weighted by atomic mass is 9.97. The summed E-state index contributed by atoms with van der Waals surface area (Å²) >= 11 is 0. The number of hydrogen-bond donors (Lipinski definition) is 0. The molecular formula is C21H18ClNO2. The molecule has 0 spiro atoms. The lowest BCUT2D eigenvalue weighted by Gasteiger charge is -2.13. The Morgan fingerprint density at radius 1 is 0.880 bits per heavy atom. The van der Waals surface area contributed by atoms with E-state index in [2.05, 4.69) is 17.1 Å². The van der Waals surface area contributed by atoms with Gasteiger partial charge < -0.3 is 17.1 Å². The summed E-state index contributed by atoms with van der Waals surface area (Å²) in [5.74, 6) is -0.489. The number of pyridine rings is 1. The highest BCUT2D eigenvalue weighted by molar-refractivity contribution is 5.93. The van der Waals surface area contributed by atoms with Crippen molar-refractivity contribution in [3.05, 3.63) is 89.7 Å². The Labute approximate surface area is 153 Å². The van der Waals surface area contributed by atoms with Crippen molar-refractivity contribution in [2.45, 2.75) is 12.3 Å². The summed E-state index contributed by atoms with van der Waals surface area (Å²) in [6, 6.07) is 20.1. The van der Waals surface area contributed by atoms with Gasteiger partial charge in [-0.1, -0.05) is 48.5 Å². The third-order valence-corrected chi connectivity index (χ3v) is 4.49. The van der Waals surface area contributed by atoms with Gasteiger partial charge >= 0.3 is 5.97 Å². The van der Waals surface area contributed by atoms with Gasteiger partial charge in [-0.2, -0.15) is 0 Å². The van der Waals surface area contributed by atoms with Crippen molar-refractivity contribution in [3.63, 3.8) is 0 Å². The minimum Gasteiger partial charge on any atom is -1.00 e. The highest BCUT2D eigenvalue weighted by Gasteiger charge is 2.34. The van der Waals surface area contributed by atoms with Crippen LogP contribution in [0.1, 0.15) is 22.6 Å². The second-order valence-electron chi connectivity index (χ2n) is 5.93. The van der Waals surface area contributed by atoms with Crippen molar-refractivity contribution >= 4 is 5.97 Å². The lowest BCUT2D eigenvalue weighted by Crippen LogP contribution is -3.00. The fraction of sp³-hybridized carbons (Fsp3) is 0.143. The van der Waals surface area contributed by atoms with Crippen LogP contribution in [0, 0.1) is 0 Å². The molecule has 0 aliphatic heterocycles. The molecule has 0 fully saturated rings. The molecule has 0 saturated carbocycles. The summed E-state index contributed by atoms with van der Waals surface area (Å²) in [4.78, 5) is 15.7. The summed E-state index contributed by atoms with van der Waals surface area (Å²) in [6.07, 6.45) is 4.47. The molecule has 1 N–H and O–H groups in total. The van der Waals surface area contributed by atoms with Gasteiger partial charge in [-0.05, 0) is 27.8 Å². The summed E-state index contributed by atoms with van der Waals surface area (Å²) in [6.45, 7) is 0.393. The van der Waals surface area contributed by atoms with E-state index in [1.807, 2.05) is 60.9 Å². The number of hydrogen-bond acceptors (Lipinski definition) is 2. The minimum atomic E-state index is -0.318. The average molecular weight is 352 g/mol. The van der Waals surface area contributed by atoms with Crippen LogP contribution in [-0.2, 0) is 16.0 Å². The van der Waals surface area contributed by atoms with Gasteiger partial charge in [-0.3, -0.25) is 4.79 Å². The van der Waals surface area contributed by atoms with Gasteiger partial charge in [-0.15, -0.1) is 0 Å². The standard InChI is InChI=1S/C21H17NO2.ClH/c23-21(24-14-11-15-9-12-22-13-10-15)20-18-7-3-1-5-16(18)17-6-2-4-8-19(17)20;/h1-10,12-13,20H,11,14H2;1H. The normalized spacial score (nSPS) is 12.0. The molecule has 2 aromatic carbocycles. The number of nitrogens with one attached hydrogen (secondary N) is 1. The third-order valence-electron chi connectivity index (χ3n) is 4.49. The van der Waals surface area contributed by atoms with Gasteiger partial charge in [0.2, 0.25) is 0 Å².